The Morgan fingerprint density at radius 2 is 1.50 bits per heavy atom. The molecule has 0 unspecified atom stereocenters. The molecule has 0 aliphatic carbocycles. The van der Waals surface area contributed by atoms with Gasteiger partial charge in [0, 0.05) is 32.6 Å². The van der Waals surface area contributed by atoms with Crippen molar-refractivity contribution in [3.63, 3.8) is 0 Å². The van der Waals surface area contributed by atoms with Crippen LogP contribution in [0.15, 0.2) is 65.6 Å². The van der Waals surface area contributed by atoms with Crippen molar-refractivity contribution in [1.82, 2.24) is 14.5 Å². The number of nitrogens with one attached hydrogen (secondary N) is 1. The van der Waals surface area contributed by atoms with E-state index in [1.807, 2.05) is 44.2 Å². The van der Waals surface area contributed by atoms with Gasteiger partial charge in [-0.1, -0.05) is 48.5 Å². The fourth-order valence-electron chi connectivity index (χ4n) is 3.26. The lowest BCUT2D eigenvalue weighted by Crippen LogP contribution is -2.49. The molecule has 2 amide bonds. The molecule has 0 fully saturated rings. The highest BCUT2D eigenvalue weighted by atomic mass is 32.2. The van der Waals surface area contributed by atoms with Gasteiger partial charge in [-0.05, 0) is 44.9 Å². The Kier molecular flexibility index (Phi) is 9.41. The van der Waals surface area contributed by atoms with Crippen LogP contribution in [0.25, 0.3) is 0 Å². The number of benzene rings is 2. The molecule has 0 aliphatic heterocycles. The van der Waals surface area contributed by atoms with Crippen molar-refractivity contribution < 1.29 is 18.0 Å². The first-order chi connectivity index (χ1) is 15.1. The maximum Gasteiger partial charge on any atom is 0.242 e. The summed E-state index contributed by atoms with van der Waals surface area (Å²) in [5.41, 5.74) is 0.925. The Bertz CT molecular complexity index is 979. The highest BCUT2D eigenvalue weighted by Gasteiger charge is 2.27. The number of carbonyl (C=O) groups is 2. The second-order valence-corrected chi connectivity index (χ2v) is 10.1. The number of nitrogens with zero attached hydrogens (tertiary/aromatic N) is 2. The zero-order valence-electron chi connectivity index (χ0n) is 19.2. The van der Waals surface area contributed by atoms with Crippen LogP contribution in [0.2, 0.25) is 0 Å². The molecule has 0 bridgehead atoms. The molecule has 0 saturated carbocycles. The van der Waals surface area contributed by atoms with E-state index in [4.69, 9.17) is 0 Å². The van der Waals surface area contributed by atoms with Crippen molar-refractivity contribution in [2.24, 2.45) is 0 Å². The van der Waals surface area contributed by atoms with Crippen LogP contribution in [0.4, 0.5) is 0 Å². The van der Waals surface area contributed by atoms with Gasteiger partial charge in [-0.15, -0.1) is 0 Å². The van der Waals surface area contributed by atoms with E-state index in [0.29, 0.717) is 13.0 Å². The van der Waals surface area contributed by atoms with Gasteiger partial charge >= 0.3 is 0 Å². The quantitative estimate of drug-likeness (QED) is 0.560. The molecule has 0 heterocycles. The maximum atomic E-state index is 13.1. The maximum absolute atomic E-state index is 13.1. The van der Waals surface area contributed by atoms with E-state index in [0.717, 1.165) is 5.56 Å². The fourth-order valence-corrected chi connectivity index (χ4v) is 4.49. The predicted molar refractivity (Wildman–Crippen MR) is 125 cm³/mol. The van der Waals surface area contributed by atoms with Crippen molar-refractivity contribution in [1.29, 1.82) is 0 Å². The van der Waals surface area contributed by atoms with Crippen molar-refractivity contribution in [2.75, 3.05) is 13.6 Å². The number of hydrogen-bond donors (Lipinski definition) is 1. The van der Waals surface area contributed by atoms with E-state index in [2.05, 4.69) is 5.32 Å². The van der Waals surface area contributed by atoms with Crippen molar-refractivity contribution >= 4 is 21.8 Å². The minimum Gasteiger partial charge on any atom is -0.352 e. The Morgan fingerprint density at radius 3 is 2.06 bits per heavy atom. The van der Waals surface area contributed by atoms with Crippen molar-refractivity contribution in [2.45, 2.75) is 57.1 Å². The van der Waals surface area contributed by atoms with Crippen LogP contribution in [-0.4, -0.2) is 55.1 Å². The zero-order valence-corrected chi connectivity index (χ0v) is 20.0. The molecular weight excluding hydrogens is 426 g/mol. The first-order valence-electron chi connectivity index (χ1n) is 10.8. The number of carbonyl (C=O) groups excluding carboxylic acids is 2. The molecule has 174 valence electrons. The minimum atomic E-state index is -3.60. The first kappa shape index (κ1) is 25.5. The van der Waals surface area contributed by atoms with Crippen LogP contribution >= 0.6 is 0 Å². The Hall–Kier alpha value is -2.71. The monoisotopic (exact) mass is 459 g/mol. The summed E-state index contributed by atoms with van der Waals surface area (Å²) in [5.74, 6) is -0.404. The number of rotatable bonds is 11. The zero-order chi connectivity index (χ0) is 23.7. The lowest BCUT2D eigenvalue weighted by atomic mass is 10.1. The Balaban J connectivity index is 2.04. The summed E-state index contributed by atoms with van der Waals surface area (Å²) in [6, 6.07) is 17.0. The van der Waals surface area contributed by atoms with E-state index in [-0.39, 0.29) is 35.7 Å². The van der Waals surface area contributed by atoms with Crippen LogP contribution in [-0.2, 0) is 26.2 Å². The summed E-state index contributed by atoms with van der Waals surface area (Å²) < 4.78 is 26.6. The summed E-state index contributed by atoms with van der Waals surface area (Å²) in [6.45, 7) is 5.97. The molecule has 2 rings (SSSR count). The smallest absolute Gasteiger partial charge is 0.242 e. The second-order valence-electron chi connectivity index (χ2n) is 8.09. The van der Waals surface area contributed by atoms with Gasteiger partial charge in [-0.3, -0.25) is 9.59 Å². The lowest BCUT2D eigenvalue weighted by Gasteiger charge is -2.29. The lowest BCUT2D eigenvalue weighted by molar-refractivity contribution is -0.140. The van der Waals surface area contributed by atoms with E-state index < -0.39 is 16.1 Å². The van der Waals surface area contributed by atoms with Gasteiger partial charge in [0.1, 0.15) is 6.04 Å². The predicted octanol–water partition coefficient (Wildman–Crippen LogP) is 3.03. The average Bonchev–Trinajstić information content (AvgIpc) is 2.77. The molecule has 2 aromatic rings. The molecule has 2 aromatic carbocycles. The van der Waals surface area contributed by atoms with Crippen LogP contribution in [0.3, 0.4) is 0 Å². The Morgan fingerprint density at radius 1 is 0.938 bits per heavy atom. The van der Waals surface area contributed by atoms with Gasteiger partial charge in [-0.25, -0.2) is 12.7 Å². The highest BCUT2D eigenvalue weighted by molar-refractivity contribution is 7.89. The Labute approximate surface area is 191 Å². The molecule has 0 spiro atoms. The SMILES string of the molecule is CC(C)NC(=O)[C@@H](C)N(Cc1ccccc1)C(=O)CCCN(C)S(=O)(=O)c1ccccc1. The number of amides is 2. The first-order valence-corrected chi connectivity index (χ1v) is 12.2. The molecule has 0 aromatic heterocycles. The fraction of sp³-hybridized carbons (Fsp3) is 0.417. The minimum absolute atomic E-state index is 0.0320. The summed E-state index contributed by atoms with van der Waals surface area (Å²) in [7, 11) is -2.10. The average molecular weight is 460 g/mol. The molecule has 32 heavy (non-hydrogen) atoms. The van der Waals surface area contributed by atoms with Crippen LogP contribution in [0.5, 0.6) is 0 Å². The number of sulfonamides is 1. The topological polar surface area (TPSA) is 86.8 Å². The molecular formula is C24H33N3O4S. The van der Waals surface area contributed by atoms with Gasteiger partial charge in [0.25, 0.3) is 0 Å². The van der Waals surface area contributed by atoms with Crippen LogP contribution in [0, 0.1) is 0 Å². The van der Waals surface area contributed by atoms with Crippen LogP contribution in [0.1, 0.15) is 39.2 Å². The summed E-state index contributed by atoms with van der Waals surface area (Å²) in [6.07, 6.45) is 0.492. The third-order valence-corrected chi connectivity index (χ3v) is 6.98. The van der Waals surface area contributed by atoms with Gasteiger partial charge in [-0.2, -0.15) is 0 Å². The van der Waals surface area contributed by atoms with Gasteiger partial charge < -0.3 is 10.2 Å². The van der Waals surface area contributed by atoms with E-state index in [9.17, 15) is 18.0 Å². The second kappa shape index (κ2) is 11.8. The van der Waals surface area contributed by atoms with Gasteiger partial charge in [0.2, 0.25) is 21.8 Å². The van der Waals surface area contributed by atoms with Crippen molar-refractivity contribution in [3.8, 4) is 0 Å². The highest BCUT2D eigenvalue weighted by Crippen LogP contribution is 2.16. The van der Waals surface area contributed by atoms with Crippen molar-refractivity contribution in [3.05, 3.63) is 66.2 Å². The summed E-state index contributed by atoms with van der Waals surface area (Å²) in [5, 5.41) is 2.86. The standard InChI is InChI=1S/C24H33N3O4S/c1-19(2)25-24(29)20(3)27(18-21-12-7-5-8-13-21)23(28)16-11-17-26(4)32(30,31)22-14-9-6-10-15-22/h5-10,12-15,19-20H,11,16-18H2,1-4H3,(H,25,29)/t20-/m1/s1. The molecule has 0 aliphatic rings. The van der Waals surface area contributed by atoms with Crippen LogP contribution < -0.4 is 5.32 Å². The largest absolute Gasteiger partial charge is 0.352 e. The van der Waals surface area contributed by atoms with E-state index in [1.54, 1.807) is 42.2 Å². The number of hydrogen-bond acceptors (Lipinski definition) is 4. The van der Waals surface area contributed by atoms with Gasteiger partial charge in [0.05, 0.1) is 4.90 Å². The molecule has 8 heteroatoms. The third kappa shape index (κ3) is 7.17. The molecule has 1 atom stereocenters. The molecule has 0 saturated heterocycles. The molecule has 7 nitrogen and oxygen atoms in total. The van der Waals surface area contributed by atoms with Gasteiger partial charge in [0.15, 0.2) is 0 Å². The molecule has 1 N–H and O–H groups in total. The summed E-state index contributed by atoms with van der Waals surface area (Å²) >= 11 is 0. The summed E-state index contributed by atoms with van der Waals surface area (Å²) in [4.78, 5) is 27.4. The van der Waals surface area contributed by atoms with E-state index >= 15 is 0 Å². The van der Waals surface area contributed by atoms with E-state index in [1.165, 1.54) is 11.4 Å². The third-order valence-electron chi connectivity index (χ3n) is 5.11. The molecule has 0 radical (unpaired) electrons. The normalized spacial score (nSPS) is 12.6.